The highest BCUT2D eigenvalue weighted by Crippen LogP contribution is 2.71. The fraction of sp³-hybridized carbons (Fsp3) is 0.567. The zero-order valence-electron chi connectivity index (χ0n) is 22.6. The summed E-state index contributed by atoms with van der Waals surface area (Å²) in [5, 5.41) is 9.95. The molecule has 0 aliphatic carbocycles. The lowest BCUT2D eigenvalue weighted by Crippen LogP contribution is -2.55. The van der Waals surface area contributed by atoms with Crippen molar-refractivity contribution >= 4 is 46.8 Å². The molecule has 5 atom stereocenters. The Kier molecular flexibility index (Phi) is 9.50. The van der Waals surface area contributed by atoms with Gasteiger partial charge in [-0.3, -0.25) is 14.4 Å². The topological polar surface area (TPSA) is 87.1 Å². The van der Waals surface area contributed by atoms with Gasteiger partial charge in [0.15, 0.2) is 0 Å². The number of unbranched alkanes of at least 4 members (excludes halogenated alkanes) is 3. The molecular formula is C30H39ClN2O5S. The summed E-state index contributed by atoms with van der Waals surface area (Å²) in [6.45, 7) is 10.6. The van der Waals surface area contributed by atoms with Crippen LogP contribution in [0.4, 0.5) is 5.69 Å². The standard InChI is InChI=1S/C30H39ClN2O5S/c1-4-6-7-10-20-38-28(37)24-23-26(35)33(18-8-9-19-34)25(30(23)16-15-29(24,3)39-30)27(36)32(17-5-2)22-13-11-21(31)12-14-22/h4-5,11-14,23-25,34H,1-2,6-10,15-20H2,3H3/t23-,24-,25?,29+,30?/m0/s1. The number of aliphatic hydroxyl groups is 1. The lowest BCUT2D eigenvalue weighted by Gasteiger charge is -2.37. The van der Waals surface area contributed by atoms with Crippen LogP contribution in [0.15, 0.2) is 49.6 Å². The molecule has 1 aromatic rings. The number of nitrogens with zero attached hydrogens (tertiary/aromatic N) is 2. The van der Waals surface area contributed by atoms with Crippen LogP contribution in [0.3, 0.4) is 0 Å². The number of halogens is 1. The van der Waals surface area contributed by atoms with Crippen molar-refractivity contribution < 1.29 is 24.2 Å². The van der Waals surface area contributed by atoms with E-state index in [4.69, 9.17) is 16.3 Å². The first-order valence-electron chi connectivity index (χ1n) is 13.8. The third kappa shape index (κ3) is 5.52. The number of likely N-dealkylation sites (tertiary alicyclic amines) is 1. The van der Waals surface area contributed by atoms with Crippen molar-refractivity contribution in [1.82, 2.24) is 4.90 Å². The molecule has 1 spiro atoms. The number of thioether (sulfide) groups is 1. The molecule has 0 radical (unpaired) electrons. The van der Waals surface area contributed by atoms with E-state index in [0.29, 0.717) is 43.1 Å². The second kappa shape index (κ2) is 12.5. The summed E-state index contributed by atoms with van der Waals surface area (Å²) < 4.78 is 4.53. The van der Waals surface area contributed by atoms with Crippen molar-refractivity contribution in [3.63, 3.8) is 0 Å². The normalized spacial score (nSPS) is 28.8. The van der Waals surface area contributed by atoms with Gasteiger partial charge in [-0.05, 0) is 76.1 Å². The predicted octanol–water partition coefficient (Wildman–Crippen LogP) is 5.01. The van der Waals surface area contributed by atoms with Crippen LogP contribution < -0.4 is 4.90 Å². The molecule has 0 saturated carbocycles. The Morgan fingerprint density at radius 2 is 1.92 bits per heavy atom. The molecule has 3 heterocycles. The van der Waals surface area contributed by atoms with Gasteiger partial charge in [0.1, 0.15) is 6.04 Å². The summed E-state index contributed by atoms with van der Waals surface area (Å²) in [6, 6.07) is 6.32. The molecule has 3 aliphatic heterocycles. The van der Waals surface area contributed by atoms with E-state index in [-0.39, 0.29) is 30.9 Å². The number of fused-ring (bicyclic) bond motifs is 1. The van der Waals surface area contributed by atoms with Gasteiger partial charge < -0.3 is 19.6 Å². The molecule has 0 aromatic heterocycles. The third-order valence-corrected chi connectivity index (χ3v) is 10.6. The smallest absolute Gasteiger partial charge is 0.311 e. The van der Waals surface area contributed by atoms with Crippen LogP contribution in [-0.4, -0.2) is 69.6 Å². The maximum Gasteiger partial charge on any atom is 0.311 e. The van der Waals surface area contributed by atoms with Crippen LogP contribution in [0.1, 0.15) is 51.9 Å². The van der Waals surface area contributed by atoms with Gasteiger partial charge in [0.2, 0.25) is 5.91 Å². The predicted molar refractivity (Wildman–Crippen MR) is 156 cm³/mol. The van der Waals surface area contributed by atoms with Gasteiger partial charge in [-0.1, -0.05) is 23.8 Å². The second-order valence-corrected chi connectivity index (χ2v) is 13.2. The summed E-state index contributed by atoms with van der Waals surface area (Å²) >= 11 is 7.74. The zero-order chi connectivity index (χ0) is 28.2. The van der Waals surface area contributed by atoms with Gasteiger partial charge >= 0.3 is 5.97 Å². The zero-order valence-corrected chi connectivity index (χ0v) is 24.2. The first kappa shape index (κ1) is 29.7. The fourth-order valence-electron chi connectivity index (χ4n) is 6.57. The van der Waals surface area contributed by atoms with Crippen LogP contribution in [0.5, 0.6) is 0 Å². The van der Waals surface area contributed by atoms with Gasteiger partial charge in [0.05, 0.1) is 23.2 Å². The molecule has 2 bridgehead atoms. The monoisotopic (exact) mass is 574 g/mol. The number of carbonyl (C=O) groups excluding carboxylic acids is 3. The second-order valence-electron chi connectivity index (χ2n) is 10.9. The lowest BCUT2D eigenvalue weighted by atomic mass is 9.66. The minimum Gasteiger partial charge on any atom is -0.465 e. The van der Waals surface area contributed by atoms with Crippen LogP contribution in [-0.2, 0) is 19.1 Å². The SMILES string of the molecule is C=CCCCCOC(=O)[C@@H]1[C@H]2C(=O)N(CCCCO)C(C(=O)N(CC=C)c3ccc(Cl)cc3)C23CC[C@@]1(C)S3. The van der Waals surface area contributed by atoms with E-state index in [0.717, 1.165) is 25.7 Å². The minimum absolute atomic E-state index is 0.0101. The van der Waals surface area contributed by atoms with Crippen molar-refractivity contribution in [3.05, 3.63) is 54.6 Å². The maximum atomic E-state index is 14.5. The molecule has 39 heavy (non-hydrogen) atoms. The average molecular weight is 575 g/mol. The van der Waals surface area contributed by atoms with Crippen molar-refractivity contribution in [2.75, 3.05) is 31.2 Å². The molecule has 3 aliphatic rings. The van der Waals surface area contributed by atoms with Crippen molar-refractivity contribution in [2.45, 2.75) is 67.4 Å². The van der Waals surface area contributed by atoms with E-state index >= 15 is 0 Å². The molecule has 3 saturated heterocycles. The van der Waals surface area contributed by atoms with Crippen molar-refractivity contribution in [2.24, 2.45) is 11.8 Å². The fourth-order valence-corrected chi connectivity index (χ4v) is 9.04. The quantitative estimate of drug-likeness (QED) is 0.191. The first-order chi connectivity index (χ1) is 18.7. The molecule has 1 N–H and O–H groups in total. The highest BCUT2D eigenvalue weighted by Gasteiger charge is 2.77. The van der Waals surface area contributed by atoms with E-state index in [1.165, 1.54) is 0 Å². The molecule has 3 fully saturated rings. The maximum absolute atomic E-state index is 14.5. The van der Waals surface area contributed by atoms with E-state index in [9.17, 15) is 19.5 Å². The van der Waals surface area contributed by atoms with Gasteiger partial charge in [0.25, 0.3) is 5.91 Å². The van der Waals surface area contributed by atoms with Gasteiger partial charge in [0, 0.05) is 35.2 Å². The molecule has 4 rings (SSSR count). The largest absolute Gasteiger partial charge is 0.465 e. The number of hydrogen-bond donors (Lipinski definition) is 1. The number of allylic oxidation sites excluding steroid dienone is 1. The van der Waals surface area contributed by atoms with Gasteiger partial charge in [-0.15, -0.1) is 24.9 Å². The Bertz CT molecular complexity index is 1100. The van der Waals surface area contributed by atoms with Gasteiger partial charge in [-0.2, -0.15) is 0 Å². The number of hydrogen-bond acceptors (Lipinski definition) is 6. The minimum atomic E-state index is -0.735. The first-order valence-corrected chi connectivity index (χ1v) is 15.0. The summed E-state index contributed by atoms with van der Waals surface area (Å²) in [7, 11) is 0. The van der Waals surface area contributed by atoms with E-state index in [1.54, 1.807) is 51.9 Å². The summed E-state index contributed by atoms with van der Waals surface area (Å²) in [5.41, 5.74) is 0.672. The number of esters is 1. The third-order valence-electron chi connectivity index (χ3n) is 8.33. The lowest BCUT2D eigenvalue weighted by molar-refractivity contribution is -0.155. The van der Waals surface area contributed by atoms with Gasteiger partial charge in [-0.25, -0.2) is 0 Å². The summed E-state index contributed by atoms with van der Waals surface area (Å²) in [5.74, 6) is -1.92. The number of carbonyl (C=O) groups is 3. The molecule has 2 unspecified atom stereocenters. The van der Waals surface area contributed by atoms with Crippen LogP contribution in [0.2, 0.25) is 5.02 Å². The Hall–Kier alpha value is -2.29. The molecular weight excluding hydrogens is 536 g/mol. The summed E-state index contributed by atoms with van der Waals surface area (Å²) in [4.78, 5) is 45.4. The summed E-state index contributed by atoms with van der Waals surface area (Å²) in [6.07, 6.45) is 8.50. The Labute approximate surface area is 240 Å². The Morgan fingerprint density at radius 1 is 1.18 bits per heavy atom. The number of rotatable bonds is 14. The molecule has 9 heteroatoms. The highest BCUT2D eigenvalue weighted by atomic mass is 35.5. The van der Waals surface area contributed by atoms with Crippen LogP contribution in [0.25, 0.3) is 0 Å². The Balaban J connectivity index is 1.68. The van der Waals surface area contributed by atoms with Crippen LogP contribution >= 0.6 is 23.4 Å². The van der Waals surface area contributed by atoms with E-state index in [1.807, 2.05) is 13.0 Å². The average Bonchev–Trinajstić information content (AvgIpc) is 3.48. The highest BCUT2D eigenvalue weighted by molar-refractivity contribution is 8.02. The number of anilines is 1. The van der Waals surface area contributed by atoms with Crippen molar-refractivity contribution in [1.29, 1.82) is 0 Å². The molecule has 1 aromatic carbocycles. The number of aliphatic hydroxyl groups excluding tert-OH is 1. The van der Waals surface area contributed by atoms with Crippen molar-refractivity contribution in [3.8, 4) is 0 Å². The Morgan fingerprint density at radius 3 is 2.59 bits per heavy atom. The van der Waals surface area contributed by atoms with E-state index < -0.39 is 27.4 Å². The number of amides is 2. The van der Waals surface area contributed by atoms with E-state index in [2.05, 4.69) is 13.2 Å². The molecule has 7 nitrogen and oxygen atoms in total. The van der Waals surface area contributed by atoms with Crippen LogP contribution in [0, 0.1) is 11.8 Å². The number of benzene rings is 1. The molecule has 212 valence electrons. The molecule has 2 amide bonds. The number of ether oxygens (including phenoxy) is 1.